The summed E-state index contributed by atoms with van der Waals surface area (Å²) in [4.78, 5) is 10.4. The molecule has 0 aliphatic heterocycles. The first-order valence-corrected chi connectivity index (χ1v) is 3.50. The van der Waals surface area contributed by atoms with Crippen molar-refractivity contribution in [3.8, 4) is 0 Å². The molecule has 66 valence electrons. The van der Waals surface area contributed by atoms with Crippen molar-refractivity contribution in [2.75, 3.05) is 19.8 Å². The topological polar surface area (TPSA) is 69.6 Å². The molecule has 0 aromatic carbocycles. The molecular weight excluding hydrogens is 146 g/mol. The molecular formula is C7H15NO3. The third kappa shape index (κ3) is 3.95. The van der Waals surface area contributed by atoms with Crippen molar-refractivity contribution >= 4 is 5.91 Å². The van der Waals surface area contributed by atoms with Gasteiger partial charge in [0.2, 0.25) is 5.91 Å². The molecule has 4 heteroatoms. The second-order valence-corrected chi connectivity index (χ2v) is 3.04. The zero-order chi connectivity index (χ0) is 8.91. The van der Waals surface area contributed by atoms with Crippen LogP contribution in [-0.2, 0) is 4.79 Å². The van der Waals surface area contributed by atoms with E-state index in [1.54, 1.807) is 6.92 Å². The Bertz CT molecular complexity index is 132. The predicted molar refractivity (Wildman–Crippen MR) is 41.0 cm³/mol. The van der Waals surface area contributed by atoms with E-state index in [1.165, 1.54) is 6.92 Å². The van der Waals surface area contributed by atoms with E-state index >= 15 is 0 Å². The summed E-state index contributed by atoms with van der Waals surface area (Å²) in [6, 6.07) is 0. The van der Waals surface area contributed by atoms with Crippen LogP contribution in [-0.4, -0.2) is 35.9 Å². The minimum absolute atomic E-state index is 0.135. The van der Waals surface area contributed by atoms with Gasteiger partial charge >= 0.3 is 0 Å². The van der Waals surface area contributed by atoms with Gasteiger partial charge in [-0.05, 0) is 0 Å². The van der Waals surface area contributed by atoms with Crippen LogP contribution in [0.1, 0.15) is 13.8 Å². The van der Waals surface area contributed by atoms with Gasteiger partial charge in [0, 0.05) is 18.9 Å². The molecule has 11 heavy (non-hydrogen) atoms. The lowest BCUT2D eigenvalue weighted by Crippen LogP contribution is -2.39. The van der Waals surface area contributed by atoms with Gasteiger partial charge in [0.25, 0.3) is 0 Å². The number of nitrogens with one attached hydrogen (secondary N) is 1. The van der Waals surface area contributed by atoms with Crippen molar-refractivity contribution in [1.29, 1.82) is 0 Å². The summed E-state index contributed by atoms with van der Waals surface area (Å²) in [6.45, 7) is 3.13. The normalized spacial score (nSPS) is 11.3. The number of hydrogen-bond donors (Lipinski definition) is 3. The third-order valence-electron chi connectivity index (χ3n) is 1.53. The Hall–Kier alpha value is -0.610. The van der Waals surface area contributed by atoms with Crippen molar-refractivity contribution in [2.45, 2.75) is 13.8 Å². The zero-order valence-corrected chi connectivity index (χ0v) is 6.92. The maximum absolute atomic E-state index is 10.4. The molecule has 0 aromatic heterocycles. The number of rotatable bonds is 4. The molecule has 0 atom stereocenters. The quantitative estimate of drug-likeness (QED) is 0.501. The van der Waals surface area contributed by atoms with Gasteiger partial charge in [0.15, 0.2) is 0 Å². The van der Waals surface area contributed by atoms with Crippen LogP contribution in [0.15, 0.2) is 0 Å². The summed E-state index contributed by atoms with van der Waals surface area (Å²) in [7, 11) is 0. The maximum Gasteiger partial charge on any atom is 0.216 e. The van der Waals surface area contributed by atoms with E-state index in [4.69, 9.17) is 10.2 Å². The fraction of sp³-hybridized carbons (Fsp3) is 0.857. The summed E-state index contributed by atoms with van der Waals surface area (Å²) < 4.78 is 0. The Kier molecular flexibility index (Phi) is 4.07. The van der Waals surface area contributed by atoms with E-state index in [1.807, 2.05) is 0 Å². The summed E-state index contributed by atoms with van der Waals surface area (Å²) in [5.74, 6) is -0.155. The highest BCUT2D eigenvalue weighted by molar-refractivity contribution is 5.72. The second kappa shape index (κ2) is 4.31. The van der Waals surface area contributed by atoms with Crippen molar-refractivity contribution in [3.05, 3.63) is 0 Å². The molecule has 0 aliphatic rings. The number of carbonyl (C=O) groups excluding carboxylic acids is 1. The van der Waals surface area contributed by atoms with Gasteiger partial charge in [-0.1, -0.05) is 6.92 Å². The first kappa shape index (κ1) is 10.4. The van der Waals surface area contributed by atoms with E-state index in [2.05, 4.69) is 5.32 Å². The zero-order valence-electron chi connectivity index (χ0n) is 6.92. The van der Waals surface area contributed by atoms with Crippen molar-refractivity contribution < 1.29 is 15.0 Å². The van der Waals surface area contributed by atoms with E-state index in [0.717, 1.165) is 0 Å². The molecule has 4 nitrogen and oxygen atoms in total. The van der Waals surface area contributed by atoms with Gasteiger partial charge in [-0.3, -0.25) is 4.79 Å². The van der Waals surface area contributed by atoms with Gasteiger partial charge in [-0.25, -0.2) is 0 Å². The number of aliphatic hydroxyl groups is 2. The summed E-state index contributed by atoms with van der Waals surface area (Å²) in [5.41, 5.74) is -0.605. The van der Waals surface area contributed by atoms with E-state index < -0.39 is 5.41 Å². The first-order valence-electron chi connectivity index (χ1n) is 3.50. The predicted octanol–water partition coefficient (Wildman–Crippen LogP) is -0.887. The monoisotopic (exact) mass is 161 g/mol. The fourth-order valence-electron chi connectivity index (χ4n) is 0.500. The van der Waals surface area contributed by atoms with Crippen molar-refractivity contribution in [1.82, 2.24) is 5.32 Å². The van der Waals surface area contributed by atoms with Crippen LogP contribution in [0.3, 0.4) is 0 Å². The van der Waals surface area contributed by atoms with Gasteiger partial charge in [0.1, 0.15) is 0 Å². The molecule has 0 radical (unpaired) electrons. The summed E-state index contributed by atoms with van der Waals surface area (Å²) in [6.07, 6.45) is 0. The minimum atomic E-state index is -0.605. The largest absolute Gasteiger partial charge is 0.396 e. The Labute approximate surface area is 66.2 Å². The molecule has 0 aliphatic carbocycles. The lowest BCUT2D eigenvalue weighted by Gasteiger charge is -2.24. The Morgan fingerprint density at radius 2 is 1.91 bits per heavy atom. The van der Waals surface area contributed by atoms with Gasteiger partial charge in [-0.15, -0.1) is 0 Å². The number of aliphatic hydroxyl groups excluding tert-OH is 2. The van der Waals surface area contributed by atoms with Crippen LogP contribution in [0.4, 0.5) is 0 Å². The lowest BCUT2D eigenvalue weighted by molar-refractivity contribution is -0.119. The maximum atomic E-state index is 10.4. The molecule has 0 unspecified atom stereocenters. The second-order valence-electron chi connectivity index (χ2n) is 3.04. The molecule has 0 heterocycles. The Morgan fingerprint density at radius 1 is 1.45 bits per heavy atom. The highest BCUT2D eigenvalue weighted by atomic mass is 16.3. The standard InChI is InChI=1S/C7H15NO3/c1-6(11)8-3-7(2,4-9)5-10/h9-10H,3-5H2,1-2H3,(H,8,11). The highest BCUT2D eigenvalue weighted by Crippen LogP contribution is 2.11. The minimum Gasteiger partial charge on any atom is -0.396 e. The third-order valence-corrected chi connectivity index (χ3v) is 1.53. The smallest absolute Gasteiger partial charge is 0.216 e. The van der Waals surface area contributed by atoms with Crippen LogP contribution < -0.4 is 5.32 Å². The van der Waals surface area contributed by atoms with Crippen molar-refractivity contribution in [2.24, 2.45) is 5.41 Å². The van der Waals surface area contributed by atoms with Gasteiger partial charge < -0.3 is 15.5 Å². The first-order chi connectivity index (χ1) is 5.04. The fourth-order valence-corrected chi connectivity index (χ4v) is 0.500. The molecule has 0 saturated carbocycles. The van der Waals surface area contributed by atoms with Crippen LogP contribution in [0.2, 0.25) is 0 Å². The van der Waals surface area contributed by atoms with Gasteiger partial charge in [0.05, 0.1) is 13.2 Å². The van der Waals surface area contributed by atoms with Gasteiger partial charge in [-0.2, -0.15) is 0 Å². The summed E-state index contributed by atoms with van der Waals surface area (Å²) >= 11 is 0. The summed E-state index contributed by atoms with van der Waals surface area (Å²) in [5, 5.41) is 20.1. The molecule has 0 rings (SSSR count). The molecule has 0 spiro atoms. The van der Waals surface area contributed by atoms with Crippen LogP contribution in [0.5, 0.6) is 0 Å². The average molecular weight is 161 g/mol. The molecule has 0 aromatic rings. The number of carbonyl (C=O) groups is 1. The van der Waals surface area contributed by atoms with Crippen LogP contribution >= 0.6 is 0 Å². The Balaban J connectivity index is 3.78. The van der Waals surface area contributed by atoms with Crippen LogP contribution in [0.25, 0.3) is 0 Å². The Morgan fingerprint density at radius 3 is 2.18 bits per heavy atom. The average Bonchev–Trinajstić information content (AvgIpc) is 2.00. The van der Waals surface area contributed by atoms with Crippen molar-refractivity contribution in [3.63, 3.8) is 0 Å². The molecule has 0 saturated heterocycles. The van der Waals surface area contributed by atoms with Crippen LogP contribution in [0, 0.1) is 5.41 Å². The molecule has 0 bridgehead atoms. The molecule has 3 N–H and O–H groups in total. The molecule has 1 amide bonds. The number of hydrogen-bond acceptors (Lipinski definition) is 3. The van der Waals surface area contributed by atoms with E-state index in [0.29, 0.717) is 6.54 Å². The lowest BCUT2D eigenvalue weighted by atomic mass is 9.93. The highest BCUT2D eigenvalue weighted by Gasteiger charge is 2.22. The SMILES string of the molecule is CC(=O)NCC(C)(CO)CO. The van der Waals surface area contributed by atoms with E-state index in [9.17, 15) is 4.79 Å². The van der Waals surface area contributed by atoms with E-state index in [-0.39, 0.29) is 19.1 Å². The molecule has 0 fully saturated rings. The number of amides is 1.